The molecule has 6 nitrogen and oxygen atoms in total. The minimum atomic E-state index is -0.275. The van der Waals surface area contributed by atoms with Crippen molar-refractivity contribution in [2.75, 3.05) is 5.32 Å². The minimum absolute atomic E-state index is 0.275. The highest BCUT2D eigenvalue weighted by molar-refractivity contribution is 9.10. The van der Waals surface area contributed by atoms with Crippen molar-refractivity contribution in [3.63, 3.8) is 0 Å². The monoisotopic (exact) mass is 397 g/mol. The molecule has 1 fully saturated rings. The zero-order valence-corrected chi connectivity index (χ0v) is 15.2. The highest BCUT2D eigenvalue weighted by atomic mass is 79.9. The summed E-state index contributed by atoms with van der Waals surface area (Å²) < 4.78 is 2.76. The molecule has 1 aliphatic rings. The third-order valence-electron chi connectivity index (χ3n) is 4.11. The normalized spacial score (nSPS) is 13.7. The van der Waals surface area contributed by atoms with Crippen LogP contribution < -0.4 is 5.32 Å². The van der Waals surface area contributed by atoms with Crippen molar-refractivity contribution in [1.29, 1.82) is 0 Å². The van der Waals surface area contributed by atoms with Gasteiger partial charge in [0.1, 0.15) is 5.82 Å². The van der Waals surface area contributed by atoms with Crippen LogP contribution in [-0.4, -0.2) is 25.9 Å². The Balaban J connectivity index is 1.68. The van der Waals surface area contributed by atoms with Crippen molar-refractivity contribution < 1.29 is 4.79 Å². The molecule has 0 bridgehead atoms. The number of nitrogens with one attached hydrogen (secondary N) is 1. The number of hydrogen-bond acceptors (Lipinski definition) is 4. The second-order valence-electron chi connectivity index (χ2n) is 6.16. The van der Waals surface area contributed by atoms with Crippen molar-refractivity contribution >= 4 is 27.7 Å². The smallest absolute Gasteiger partial charge is 0.279 e. The fourth-order valence-electron chi connectivity index (χ4n) is 2.73. The second kappa shape index (κ2) is 6.40. The van der Waals surface area contributed by atoms with Gasteiger partial charge in [0, 0.05) is 16.6 Å². The SMILES string of the molecule is Cc1ccnc(NC(=O)c2nnn(-c3ccc(Br)cc3)c2C2CC2)c1. The molecule has 0 spiro atoms. The molecule has 1 aliphatic carbocycles. The van der Waals surface area contributed by atoms with E-state index in [4.69, 9.17) is 0 Å². The first-order valence-corrected chi connectivity index (χ1v) is 8.86. The van der Waals surface area contributed by atoms with Gasteiger partial charge < -0.3 is 5.32 Å². The highest BCUT2D eigenvalue weighted by Gasteiger charge is 2.34. The molecule has 1 amide bonds. The maximum absolute atomic E-state index is 12.7. The highest BCUT2D eigenvalue weighted by Crippen LogP contribution is 2.42. The molecular formula is C18H16BrN5O. The molecule has 0 radical (unpaired) electrons. The maximum atomic E-state index is 12.7. The topological polar surface area (TPSA) is 72.7 Å². The largest absolute Gasteiger partial charge is 0.305 e. The van der Waals surface area contributed by atoms with Crippen LogP contribution in [0.2, 0.25) is 0 Å². The zero-order chi connectivity index (χ0) is 17.4. The van der Waals surface area contributed by atoms with Crippen molar-refractivity contribution in [1.82, 2.24) is 20.0 Å². The van der Waals surface area contributed by atoms with Gasteiger partial charge in [0.15, 0.2) is 5.69 Å². The molecule has 2 heterocycles. The van der Waals surface area contributed by atoms with Gasteiger partial charge in [-0.05, 0) is 61.7 Å². The molecule has 0 unspecified atom stereocenters. The van der Waals surface area contributed by atoms with E-state index in [0.717, 1.165) is 34.3 Å². The van der Waals surface area contributed by atoms with E-state index in [9.17, 15) is 4.79 Å². The Kier molecular flexibility index (Phi) is 4.09. The number of halogens is 1. The molecule has 1 saturated carbocycles. The van der Waals surface area contributed by atoms with E-state index in [2.05, 4.69) is 36.5 Å². The number of amides is 1. The molecule has 7 heteroatoms. The first kappa shape index (κ1) is 16.0. The molecule has 25 heavy (non-hydrogen) atoms. The Morgan fingerprint density at radius 2 is 2.00 bits per heavy atom. The van der Waals surface area contributed by atoms with Gasteiger partial charge in [-0.3, -0.25) is 4.79 Å². The van der Waals surface area contributed by atoms with Crippen LogP contribution in [-0.2, 0) is 0 Å². The summed E-state index contributed by atoms with van der Waals surface area (Å²) in [4.78, 5) is 16.9. The van der Waals surface area contributed by atoms with Crippen LogP contribution in [0.1, 0.15) is 40.5 Å². The predicted molar refractivity (Wildman–Crippen MR) is 98.0 cm³/mol. The Labute approximate surface area is 153 Å². The first-order valence-electron chi connectivity index (χ1n) is 8.07. The van der Waals surface area contributed by atoms with Crippen LogP contribution in [0.4, 0.5) is 5.82 Å². The van der Waals surface area contributed by atoms with E-state index in [0.29, 0.717) is 17.4 Å². The third-order valence-corrected chi connectivity index (χ3v) is 4.64. The van der Waals surface area contributed by atoms with Gasteiger partial charge in [0.25, 0.3) is 5.91 Å². The summed E-state index contributed by atoms with van der Waals surface area (Å²) in [5, 5.41) is 11.2. The average Bonchev–Trinajstić information content (AvgIpc) is 3.34. The molecule has 0 aliphatic heterocycles. The summed E-state index contributed by atoms with van der Waals surface area (Å²) >= 11 is 3.43. The lowest BCUT2D eigenvalue weighted by molar-refractivity contribution is 0.102. The maximum Gasteiger partial charge on any atom is 0.279 e. The summed E-state index contributed by atoms with van der Waals surface area (Å²) in [5.74, 6) is 0.568. The number of aromatic nitrogens is 4. The molecule has 0 saturated heterocycles. The van der Waals surface area contributed by atoms with Crippen molar-refractivity contribution in [2.24, 2.45) is 0 Å². The number of pyridine rings is 1. The van der Waals surface area contributed by atoms with E-state index < -0.39 is 0 Å². The molecule has 2 aromatic heterocycles. The van der Waals surface area contributed by atoms with Crippen LogP contribution in [0.3, 0.4) is 0 Å². The van der Waals surface area contributed by atoms with Gasteiger partial charge in [-0.1, -0.05) is 21.1 Å². The molecule has 126 valence electrons. The Morgan fingerprint density at radius 1 is 1.24 bits per heavy atom. The minimum Gasteiger partial charge on any atom is -0.305 e. The van der Waals surface area contributed by atoms with Crippen LogP contribution in [0.15, 0.2) is 47.1 Å². The van der Waals surface area contributed by atoms with Crippen LogP contribution in [0.5, 0.6) is 0 Å². The van der Waals surface area contributed by atoms with Crippen molar-refractivity contribution in [3.8, 4) is 5.69 Å². The van der Waals surface area contributed by atoms with E-state index >= 15 is 0 Å². The lowest BCUT2D eigenvalue weighted by Gasteiger charge is -2.08. The Hall–Kier alpha value is -2.54. The van der Waals surface area contributed by atoms with Crippen molar-refractivity contribution in [2.45, 2.75) is 25.7 Å². The number of nitrogens with zero attached hydrogens (tertiary/aromatic N) is 4. The first-order chi connectivity index (χ1) is 12.1. The number of rotatable bonds is 4. The number of anilines is 1. The molecule has 0 atom stereocenters. The molecule has 3 aromatic rings. The number of hydrogen-bond donors (Lipinski definition) is 1. The summed E-state index contributed by atoms with van der Waals surface area (Å²) in [6, 6.07) is 11.5. The summed E-state index contributed by atoms with van der Waals surface area (Å²) in [5.41, 5.74) is 3.16. The van der Waals surface area contributed by atoms with E-state index in [1.807, 2.05) is 43.3 Å². The number of benzene rings is 1. The molecule has 1 N–H and O–H groups in total. The number of aryl methyl sites for hydroxylation is 1. The summed E-state index contributed by atoms with van der Waals surface area (Å²) in [6.45, 7) is 1.96. The molecule has 1 aromatic carbocycles. The lowest BCUT2D eigenvalue weighted by Crippen LogP contribution is -2.16. The quantitative estimate of drug-likeness (QED) is 0.725. The number of carbonyl (C=O) groups excluding carboxylic acids is 1. The van der Waals surface area contributed by atoms with E-state index in [1.165, 1.54) is 0 Å². The van der Waals surface area contributed by atoms with Gasteiger partial charge >= 0.3 is 0 Å². The van der Waals surface area contributed by atoms with Crippen LogP contribution >= 0.6 is 15.9 Å². The number of carbonyl (C=O) groups is 1. The second-order valence-corrected chi connectivity index (χ2v) is 7.07. The van der Waals surface area contributed by atoms with Gasteiger partial charge in [-0.25, -0.2) is 9.67 Å². The van der Waals surface area contributed by atoms with Crippen LogP contribution in [0.25, 0.3) is 5.69 Å². The summed E-state index contributed by atoms with van der Waals surface area (Å²) in [7, 11) is 0. The Bertz CT molecular complexity index is 931. The van der Waals surface area contributed by atoms with E-state index in [1.54, 1.807) is 10.9 Å². The predicted octanol–water partition coefficient (Wildman–Crippen LogP) is 3.86. The zero-order valence-electron chi connectivity index (χ0n) is 13.6. The Morgan fingerprint density at radius 3 is 2.68 bits per heavy atom. The average molecular weight is 398 g/mol. The van der Waals surface area contributed by atoms with Crippen LogP contribution in [0, 0.1) is 6.92 Å². The molecule has 4 rings (SSSR count). The third kappa shape index (κ3) is 3.32. The van der Waals surface area contributed by atoms with E-state index in [-0.39, 0.29) is 5.91 Å². The van der Waals surface area contributed by atoms with Gasteiger partial charge in [-0.2, -0.15) is 0 Å². The summed E-state index contributed by atoms with van der Waals surface area (Å²) in [6.07, 6.45) is 3.77. The lowest BCUT2D eigenvalue weighted by atomic mass is 10.2. The fraction of sp³-hybridized carbons (Fsp3) is 0.222. The molecular weight excluding hydrogens is 382 g/mol. The fourth-order valence-corrected chi connectivity index (χ4v) is 2.99. The van der Waals surface area contributed by atoms with Gasteiger partial charge in [0.05, 0.1) is 11.4 Å². The standard InChI is InChI=1S/C18H16BrN5O/c1-11-8-9-20-15(10-11)21-18(25)16-17(12-2-3-12)24(23-22-16)14-6-4-13(19)5-7-14/h4-10,12H,2-3H2,1H3,(H,20,21,25). The van der Waals surface area contributed by atoms with Gasteiger partial charge in [-0.15, -0.1) is 5.10 Å². The van der Waals surface area contributed by atoms with Gasteiger partial charge in [0.2, 0.25) is 0 Å². The van der Waals surface area contributed by atoms with Crippen molar-refractivity contribution in [3.05, 3.63) is 64.0 Å².